The highest BCUT2D eigenvalue weighted by Gasteiger charge is 2.18. The number of hydrogen-bond acceptors (Lipinski definition) is 2. The van der Waals surface area contributed by atoms with Crippen molar-refractivity contribution in [1.29, 1.82) is 0 Å². The molecule has 19 heavy (non-hydrogen) atoms. The van der Waals surface area contributed by atoms with Gasteiger partial charge in [-0.2, -0.15) is 0 Å². The van der Waals surface area contributed by atoms with Crippen molar-refractivity contribution in [3.05, 3.63) is 52.1 Å². The van der Waals surface area contributed by atoms with Gasteiger partial charge in [0.1, 0.15) is 5.58 Å². The summed E-state index contributed by atoms with van der Waals surface area (Å²) >= 11 is 2.26. The minimum absolute atomic E-state index is 0.707. The topological polar surface area (TPSA) is 30.2 Å². The standard InChI is InChI=1S/C15H11IO2S/c1-19(17)15-12-4-2-3-5-13(12)18-14(15)10-6-8-11(16)9-7-10/h2-9H,1H3. The molecule has 0 spiro atoms. The Morgan fingerprint density at radius 2 is 1.74 bits per heavy atom. The largest absolute Gasteiger partial charge is 0.455 e. The molecule has 96 valence electrons. The Morgan fingerprint density at radius 3 is 2.42 bits per heavy atom. The first-order valence-electron chi connectivity index (χ1n) is 5.77. The van der Waals surface area contributed by atoms with Crippen molar-refractivity contribution in [2.75, 3.05) is 6.26 Å². The maximum atomic E-state index is 12.0. The van der Waals surface area contributed by atoms with E-state index in [1.54, 1.807) is 6.26 Å². The van der Waals surface area contributed by atoms with E-state index in [0.717, 1.165) is 25.0 Å². The summed E-state index contributed by atoms with van der Waals surface area (Å²) in [5.41, 5.74) is 1.74. The molecule has 0 saturated heterocycles. The van der Waals surface area contributed by atoms with E-state index in [1.165, 1.54) is 0 Å². The molecule has 4 heteroatoms. The number of halogens is 1. The maximum Gasteiger partial charge on any atom is 0.151 e. The van der Waals surface area contributed by atoms with Crippen LogP contribution in [0.5, 0.6) is 0 Å². The van der Waals surface area contributed by atoms with Gasteiger partial charge in [-0.1, -0.05) is 24.3 Å². The summed E-state index contributed by atoms with van der Waals surface area (Å²) in [6.45, 7) is 0. The van der Waals surface area contributed by atoms with Gasteiger partial charge in [0, 0.05) is 20.8 Å². The predicted molar refractivity (Wildman–Crippen MR) is 86.7 cm³/mol. The first-order valence-corrected chi connectivity index (χ1v) is 8.41. The first-order chi connectivity index (χ1) is 9.16. The lowest BCUT2D eigenvalue weighted by molar-refractivity contribution is 0.622. The third-order valence-electron chi connectivity index (χ3n) is 2.94. The fourth-order valence-electron chi connectivity index (χ4n) is 2.10. The molecule has 1 heterocycles. The highest BCUT2D eigenvalue weighted by Crippen LogP contribution is 2.35. The zero-order chi connectivity index (χ0) is 13.4. The monoisotopic (exact) mass is 382 g/mol. The molecule has 0 aliphatic heterocycles. The van der Waals surface area contributed by atoms with Gasteiger partial charge in [0.05, 0.1) is 15.7 Å². The number of fused-ring (bicyclic) bond motifs is 1. The van der Waals surface area contributed by atoms with Gasteiger partial charge < -0.3 is 4.42 Å². The van der Waals surface area contributed by atoms with Crippen LogP contribution in [0.4, 0.5) is 0 Å². The molecule has 0 fully saturated rings. The van der Waals surface area contributed by atoms with Gasteiger partial charge in [-0.05, 0) is 46.9 Å². The Hall–Kier alpha value is -1.14. The minimum atomic E-state index is -1.09. The van der Waals surface area contributed by atoms with Crippen molar-refractivity contribution in [2.24, 2.45) is 0 Å². The van der Waals surface area contributed by atoms with Gasteiger partial charge in [0.25, 0.3) is 0 Å². The number of furan rings is 1. The highest BCUT2D eigenvalue weighted by molar-refractivity contribution is 14.1. The van der Waals surface area contributed by atoms with Crippen molar-refractivity contribution < 1.29 is 8.63 Å². The lowest BCUT2D eigenvalue weighted by Crippen LogP contribution is -1.88. The quantitative estimate of drug-likeness (QED) is 0.614. The third kappa shape index (κ3) is 2.34. The van der Waals surface area contributed by atoms with Gasteiger partial charge in [0.2, 0.25) is 0 Å². The van der Waals surface area contributed by atoms with Crippen LogP contribution in [0.1, 0.15) is 0 Å². The zero-order valence-corrected chi connectivity index (χ0v) is 13.2. The molecule has 1 unspecified atom stereocenters. The molecular formula is C15H11IO2S. The molecule has 3 rings (SSSR count). The molecule has 0 amide bonds. The minimum Gasteiger partial charge on any atom is -0.455 e. The van der Waals surface area contributed by atoms with Crippen LogP contribution in [0.2, 0.25) is 0 Å². The summed E-state index contributed by atoms with van der Waals surface area (Å²) in [7, 11) is -1.09. The highest BCUT2D eigenvalue weighted by atomic mass is 127. The van der Waals surface area contributed by atoms with Crippen LogP contribution >= 0.6 is 22.6 Å². The van der Waals surface area contributed by atoms with Crippen LogP contribution in [0.3, 0.4) is 0 Å². The average Bonchev–Trinajstić information content (AvgIpc) is 2.78. The van der Waals surface area contributed by atoms with Crippen LogP contribution in [0.15, 0.2) is 57.8 Å². The van der Waals surface area contributed by atoms with Crippen LogP contribution < -0.4 is 0 Å². The molecule has 0 aliphatic rings. The number of rotatable bonds is 2. The molecule has 2 aromatic carbocycles. The molecule has 0 saturated carbocycles. The predicted octanol–water partition coefficient (Wildman–Crippen LogP) is 4.44. The summed E-state index contributed by atoms with van der Waals surface area (Å²) in [6, 6.07) is 15.7. The van der Waals surface area contributed by atoms with Crippen molar-refractivity contribution in [1.82, 2.24) is 0 Å². The summed E-state index contributed by atoms with van der Waals surface area (Å²) < 4.78 is 19.1. The Labute approximate surface area is 127 Å². The van der Waals surface area contributed by atoms with E-state index in [9.17, 15) is 4.21 Å². The Morgan fingerprint density at radius 1 is 1.05 bits per heavy atom. The molecule has 0 N–H and O–H groups in total. The van der Waals surface area contributed by atoms with Crippen molar-refractivity contribution in [2.45, 2.75) is 4.90 Å². The van der Waals surface area contributed by atoms with Gasteiger partial charge in [-0.15, -0.1) is 0 Å². The summed E-state index contributed by atoms with van der Waals surface area (Å²) in [5, 5.41) is 0.928. The van der Waals surface area contributed by atoms with Crippen LogP contribution in [-0.4, -0.2) is 10.5 Å². The third-order valence-corrected chi connectivity index (χ3v) is 4.64. The molecule has 1 atom stereocenters. The van der Waals surface area contributed by atoms with Crippen molar-refractivity contribution in [3.8, 4) is 11.3 Å². The van der Waals surface area contributed by atoms with Crippen LogP contribution in [0, 0.1) is 3.57 Å². The smallest absolute Gasteiger partial charge is 0.151 e. The molecular weight excluding hydrogens is 371 g/mol. The van der Waals surface area contributed by atoms with E-state index in [2.05, 4.69) is 22.6 Å². The second kappa shape index (κ2) is 5.09. The van der Waals surface area contributed by atoms with Crippen molar-refractivity contribution >= 4 is 44.4 Å². The summed E-state index contributed by atoms with van der Waals surface area (Å²) in [6.07, 6.45) is 1.69. The molecule has 1 aromatic heterocycles. The molecule has 0 bridgehead atoms. The van der Waals surface area contributed by atoms with E-state index < -0.39 is 10.8 Å². The van der Waals surface area contributed by atoms with E-state index in [1.807, 2.05) is 48.5 Å². The number of hydrogen-bond donors (Lipinski definition) is 0. The summed E-state index contributed by atoms with van der Waals surface area (Å²) in [4.78, 5) is 0.775. The molecule has 0 aliphatic carbocycles. The van der Waals surface area contributed by atoms with Crippen molar-refractivity contribution in [3.63, 3.8) is 0 Å². The first kappa shape index (κ1) is 12.9. The Balaban J connectivity index is 2.31. The van der Waals surface area contributed by atoms with Gasteiger partial charge in [0.15, 0.2) is 5.76 Å². The van der Waals surface area contributed by atoms with Gasteiger partial charge in [-0.3, -0.25) is 4.21 Å². The molecule has 3 aromatic rings. The molecule has 0 radical (unpaired) electrons. The van der Waals surface area contributed by atoms with Crippen LogP contribution in [-0.2, 0) is 10.8 Å². The number of benzene rings is 2. The van der Waals surface area contributed by atoms with E-state index >= 15 is 0 Å². The average molecular weight is 382 g/mol. The normalized spacial score (nSPS) is 12.7. The molecule has 2 nitrogen and oxygen atoms in total. The van der Waals surface area contributed by atoms with Gasteiger partial charge in [-0.25, -0.2) is 0 Å². The zero-order valence-electron chi connectivity index (χ0n) is 10.2. The van der Waals surface area contributed by atoms with E-state index in [4.69, 9.17) is 4.42 Å². The Kier molecular flexibility index (Phi) is 3.45. The summed E-state index contributed by atoms with van der Waals surface area (Å²) in [5.74, 6) is 0.707. The fourth-order valence-corrected chi connectivity index (χ4v) is 3.36. The van der Waals surface area contributed by atoms with E-state index in [-0.39, 0.29) is 0 Å². The SMILES string of the molecule is CS(=O)c1c(-c2ccc(I)cc2)oc2ccccc12. The second-order valence-electron chi connectivity index (χ2n) is 4.22. The fraction of sp³-hybridized carbons (Fsp3) is 0.0667. The second-order valence-corrected chi connectivity index (χ2v) is 6.78. The lowest BCUT2D eigenvalue weighted by Gasteiger charge is -2.00. The lowest BCUT2D eigenvalue weighted by atomic mass is 10.1. The van der Waals surface area contributed by atoms with Crippen LogP contribution in [0.25, 0.3) is 22.3 Å². The van der Waals surface area contributed by atoms with E-state index in [0.29, 0.717) is 5.76 Å². The Bertz CT molecular complexity index is 759. The van der Waals surface area contributed by atoms with Gasteiger partial charge >= 0.3 is 0 Å². The number of para-hydroxylation sites is 1. The maximum absolute atomic E-state index is 12.0.